The third kappa shape index (κ3) is 6.68. The number of carbonyl (C=O) groups is 2. The summed E-state index contributed by atoms with van der Waals surface area (Å²) in [7, 11) is 3.35. The number of hydrogen-bond donors (Lipinski definition) is 4. The van der Waals surface area contributed by atoms with Crippen LogP contribution in [0.1, 0.15) is 28.8 Å². The Labute approximate surface area is 256 Å². The number of amides is 1. The maximum Gasteiger partial charge on any atom is 0.223 e. The molecule has 0 saturated carbocycles. The van der Waals surface area contributed by atoms with Crippen LogP contribution in [0.3, 0.4) is 0 Å². The Kier molecular flexibility index (Phi) is 10.4. The van der Waals surface area contributed by atoms with Gasteiger partial charge in [-0.15, -0.1) is 12.4 Å². The van der Waals surface area contributed by atoms with Gasteiger partial charge in [-0.2, -0.15) is 0 Å². The second kappa shape index (κ2) is 14.0. The van der Waals surface area contributed by atoms with E-state index in [1.54, 1.807) is 32.6 Å². The van der Waals surface area contributed by atoms with Crippen molar-refractivity contribution < 1.29 is 14.3 Å². The predicted molar refractivity (Wildman–Crippen MR) is 167 cm³/mol. The maximum absolute atomic E-state index is 13.5. The van der Waals surface area contributed by atoms with Crippen molar-refractivity contribution in [3.05, 3.63) is 71.1 Å². The molecule has 4 aromatic rings. The van der Waals surface area contributed by atoms with Gasteiger partial charge in [-0.25, -0.2) is 9.97 Å². The number of imidazole rings is 1. The standard InChI is InChI=1S/C30H34ClN7O3.ClH/c1-18-14-21(5-6-22(18)27(39)24(16-32-2)37-30(40)19-8-10-33-11-9-19)36-28-29-35-17-25(38(29)13-12-34-28)20-4-7-26(41-3)23(31)15-20;/h4-7,12-15,17,19,24,32-33H,8-11,16H2,1-3H3,(H,34,36)(H,37,40);1H. The second-order valence-electron chi connectivity index (χ2n) is 10.1. The molecule has 1 amide bonds. The van der Waals surface area contributed by atoms with Crippen LogP contribution in [0.15, 0.2) is 55.0 Å². The number of benzene rings is 2. The summed E-state index contributed by atoms with van der Waals surface area (Å²) in [6, 6.07) is 10.5. The van der Waals surface area contributed by atoms with Crippen molar-refractivity contribution >= 4 is 52.9 Å². The Morgan fingerprint density at radius 3 is 2.64 bits per heavy atom. The summed E-state index contributed by atoms with van der Waals surface area (Å²) in [6.07, 6.45) is 6.86. The minimum absolute atomic E-state index is 0. The van der Waals surface area contributed by atoms with E-state index >= 15 is 0 Å². The van der Waals surface area contributed by atoms with Crippen molar-refractivity contribution in [1.82, 2.24) is 30.3 Å². The number of halogens is 2. The Hall–Kier alpha value is -3.70. The van der Waals surface area contributed by atoms with Crippen LogP contribution in [0.25, 0.3) is 16.9 Å². The van der Waals surface area contributed by atoms with Gasteiger partial charge < -0.3 is 26.0 Å². The highest BCUT2D eigenvalue weighted by Crippen LogP contribution is 2.32. The summed E-state index contributed by atoms with van der Waals surface area (Å²) in [6.45, 7) is 3.87. The number of anilines is 2. The lowest BCUT2D eigenvalue weighted by molar-refractivity contribution is -0.126. The minimum atomic E-state index is -0.648. The van der Waals surface area contributed by atoms with Gasteiger partial charge >= 0.3 is 0 Å². The van der Waals surface area contributed by atoms with Crippen molar-refractivity contribution in [3.8, 4) is 17.0 Å². The molecule has 3 heterocycles. The molecule has 1 fully saturated rings. The van der Waals surface area contributed by atoms with E-state index in [2.05, 4.69) is 31.2 Å². The van der Waals surface area contributed by atoms with Gasteiger partial charge in [0, 0.05) is 41.7 Å². The topological polar surface area (TPSA) is 122 Å². The van der Waals surface area contributed by atoms with Crippen LogP contribution in [0, 0.1) is 12.8 Å². The first-order valence-corrected chi connectivity index (χ1v) is 14.0. The SMILES string of the molecule is CNCC(NC(=O)C1CCNCC1)C(=O)c1ccc(Nc2nccn3c(-c4ccc(OC)c(Cl)c4)cnc23)cc1C.Cl. The lowest BCUT2D eigenvalue weighted by atomic mass is 9.95. The van der Waals surface area contributed by atoms with Gasteiger partial charge in [-0.05, 0) is 81.9 Å². The van der Waals surface area contributed by atoms with Crippen LogP contribution in [0.5, 0.6) is 5.75 Å². The maximum atomic E-state index is 13.5. The molecule has 0 aliphatic carbocycles. The molecule has 12 heteroatoms. The molecular weight excluding hydrogens is 577 g/mol. The quantitative estimate of drug-likeness (QED) is 0.194. The molecule has 1 aliphatic rings. The average molecular weight is 613 g/mol. The number of nitrogens with zero attached hydrogens (tertiary/aromatic N) is 3. The molecule has 10 nitrogen and oxygen atoms in total. The molecule has 1 unspecified atom stereocenters. The van der Waals surface area contributed by atoms with E-state index in [9.17, 15) is 9.59 Å². The average Bonchev–Trinajstić information content (AvgIpc) is 3.42. The Morgan fingerprint density at radius 1 is 1.17 bits per heavy atom. The summed E-state index contributed by atoms with van der Waals surface area (Å²) in [5, 5.41) is 13.1. The largest absolute Gasteiger partial charge is 0.495 e. The van der Waals surface area contributed by atoms with Crippen molar-refractivity contribution in [2.24, 2.45) is 5.92 Å². The van der Waals surface area contributed by atoms with E-state index in [0.29, 0.717) is 34.3 Å². The predicted octanol–water partition coefficient (Wildman–Crippen LogP) is 4.42. The van der Waals surface area contributed by atoms with E-state index in [-0.39, 0.29) is 30.0 Å². The smallest absolute Gasteiger partial charge is 0.223 e. The fourth-order valence-electron chi connectivity index (χ4n) is 5.18. The minimum Gasteiger partial charge on any atom is -0.495 e. The lowest BCUT2D eigenvalue weighted by Crippen LogP contribution is -2.50. The van der Waals surface area contributed by atoms with Gasteiger partial charge in [0.1, 0.15) is 11.8 Å². The number of carbonyl (C=O) groups excluding carboxylic acids is 2. The number of fused-ring (bicyclic) bond motifs is 1. The highest BCUT2D eigenvalue weighted by atomic mass is 35.5. The van der Waals surface area contributed by atoms with Gasteiger partial charge in [0.05, 0.1) is 24.0 Å². The Bertz CT molecular complexity index is 1570. The third-order valence-electron chi connectivity index (χ3n) is 7.38. The molecule has 42 heavy (non-hydrogen) atoms. The molecular formula is C30H35Cl2N7O3. The zero-order chi connectivity index (χ0) is 28.9. The summed E-state index contributed by atoms with van der Waals surface area (Å²) in [4.78, 5) is 35.4. The Balaban J connectivity index is 0.00000405. The fourth-order valence-corrected chi connectivity index (χ4v) is 5.43. The van der Waals surface area contributed by atoms with Gasteiger partial charge in [0.25, 0.3) is 0 Å². The van der Waals surface area contributed by atoms with Crippen LogP contribution in [0.4, 0.5) is 11.5 Å². The van der Waals surface area contributed by atoms with Gasteiger partial charge in [-0.3, -0.25) is 14.0 Å². The first kappa shape index (κ1) is 31.2. The number of methoxy groups -OCH3 is 1. The van der Waals surface area contributed by atoms with Crippen LogP contribution >= 0.6 is 24.0 Å². The zero-order valence-corrected chi connectivity index (χ0v) is 25.3. The molecule has 2 aromatic heterocycles. The number of aryl methyl sites for hydroxylation is 1. The highest BCUT2D eigenvalue weighted by Gasteiger charge is 2.27. The number of Topliss-reactive ketones (excluding diaryl/α,β-unsaturated/α-hetero) is 1. The molecule has 0 radical (unpaired) electrons. The summed E-state index contributed by atoms with van der Waals surface area (Å²) >= 11 is 6.35. The lowest BCUT2D eigenvalue weighted by Gasteiger charge is -2.25. The Morgan fingerprint density at radius 2 is 1.95 bits per heavy atom. The van der Waals surface area contributed by atoms with Gasteiger partial charge in [0.15, 0.2) is 17.2 Å². The summed E-state index contributed by atoms with van der Waals surface area (Å²) < 4.78 is 7.21. The number of rotatable bonds is 10. The van der Waals surface area contributed by atoms with E-state index in [0.717, 1.165) is 48.4 Å². The molecule has 0 spiro atoms. The van der Waals surface area contributed by atoms with Gasteiger partial charge in [0.2, 0.25) is 5.91 Å². The molecule has 2 aromatic carbocycles. The van der Waals surface area contributed by atoms with Crippen LogP contribution in [-0.2, 0) is 4.79 Å². The first-order chi connectivity index (χ1) is 19.9. The van der Waals surface area contributed by atoms with E-state index in [1.165, 1.54) is 0 Å². The van der Waals surface area contributed by atoms with Crippen molar-refractivity contribution in [1.29, 1.82) is 0 Å². The molecule has 0 bridgehead atoms. The number of ether oxygens (including phenoxy) is 1. The normalized spacial score (nSPS) is 14.2. The fraction of sp³-hybridized carbons (Fsp3) is 0.333. The van der Waals surface area contributed by atoms with E-state index in [4.69, 9.17) is 16.3 Å². The number of nitrogens with one attached hydrogen (secondary N) is 4. The number of aromatic nitrogens is 3. The number of piperidine rings is 1. The van der Waals surface area contributed by atoms with Crippen molar-refractivity contribution in [2.45, 2.75) is 25.8 Å². The molecule has 1 saturated heterocycles. The first-order valence-electron chi connectivity index (χ1n) is 13.6. The number of likely N-dealkylation sites (N-methyl/N-ethyl adjacent to an activating group) is 1. The van der Waals surface area contributed by atoms with Crippen LogP contribution < -0.4 is 26.0 Å². The van der Waals surface area contributed by atoms with Crippen LogP contribution in [0.2, 0.25) is 5.02 Å². The second-order valence-corrected chi connectivity index (χ2v) is 10.5. The number of ketones is 1. The molecule has 4 N–H and O–H groups in total. The van der Waals surface area contributed by atoms with E-state index in [1.807, 2.05) is 47.9 Å². The highest BCUT2D eigenvalue weighted by molar-refractivity contribution is 6.32. The van der Waals surface area contributed by atoms with Crippen molar-refractivity contribution in [3.63, 3.8) is 0 Å². The van der Waals surface area contributed by atoms with E-state index < -0.39 is 6.04 Å². The monoisotopic (exact) mass is 611 g/mol. The number of hydrogen-bond acceptors (Lipinski definition) is 8. The molecule has 5 rings (SSSR count). The summed E-state index contributed by atoms with van der Waals surface area (Å²) in [5.41, 5.74) is 4.51. The zero-order valence-electron chi connectivity index (χ0n) is 23.7. The summed E-state index contributed by atoms with van der Waals surface area (Å²) in [5.74, 6) is 0.912. The molecule has 1 aliphatic heterocycles. The third-order valence-corrected chi connectivity index (χ3v) is 7.68. The molecule has 1 atom stereocenters. The van der Waals surface area contributed by atoms with Crippen molar-refractivity contribution in [2.75, 3.05) is 39.1 Å². The molecule has 222 valence electrons. The van der Waals surface area contributed by atoms with Gasteiger partial charge in [-0.1, -0.05) is 11.6 Å². The van der Waals surface area contributed by atoms with Crippen LogP contribution in [-0.4, -0.2) is 65.9 Å².